The monoisotopic (exact) mass is 98.0 g/mol. The van der Waals surface area contributed by atoms with E-state index in [0.29, 0.717) is 6.41 Å². The van der Waals surface area contributed by atoms with E-state index < -0.39 is 0 Å². The number of carbonyl (C=O) groups is 1. The molecular weight excluding hydrogens is 92.1 g/mol. The van der Waals surface area contributed by atoms with Gasteiger partial charge in [0, 0.05) is 6.57 Å². The minimum Gasteiger partial charge on any atom is -0.336 e. The van der Waals surface area contributed by atoms with Crippen molar-refractivity contribution >= 4 is 6.41 Å². The van der Waals surface area contributed by atoms with Gasteiger partial charge in [-0.2, -0.15) is 0 Å². The standard InChI is InChI=1S/C3H5NO.CHN/c1-2-4-3-5;1-2/h2-3H,1H2,(H,4,5);1H. The van der Waals surface area contributed by atoms with Gasteiger partial charge < -0.3 is 5.32 Å². The van der Waals surface area contributed by atoms with E-state index in [-0.39, 0.29) is 0 Å². The van der Waals surface area contributed by atoms with Gasteiger partial charge in [-0.1, -0.05) is 6.58 Å². The molecule has 0 aliphatic rings. The lowest BCUT2D eigenvalue weighted by Gasteiger charge is -1.70. The number of nitrogens with one attached hydrogen (secondary N) is 1. The Labute approximate surface area is 42.3 Å². The molecule has 0 spiro atoms. The molecule has 0 heterocycles. The number of nitrogens with zero attached hydrogens (tertiary/aromatic N) is 1. The van der Waals surface area contributed by atoms with Crippen molar-refractivity contribution in [3.63, 3.8) is 0 Å². The normalized spacial score (nSPS) is 4.29. The Balaban J connectivity index is 0. The summed E-state index contributed by atoms with van der Waals surface area (Å²) in [5.74, 6) is 0. The summed E-state index contributed by atoms with van der Waals surface area (Å²) in [6, 6.07) is 0. The molecule has 0 aromatic rings. The zero-order valence-corrected chi connectivity index (χ0v) is 3.79. The highest BCUT2D eigenvalue weighted by Gasteiger charge is 1.50. The van der Waals surface area contributed by atoms with Gasteiger partial charge in [0.2, 0.25) is 6.41 Å². The number of carbonyl (C=O) groups excluding carboxylic acids is 1. The second-order valence-electron chi connectivity index (χ2n) is 0.489. The van der Waals surface area contributed by atoms with E-state index in [4.69, 9.17) is 5.26 Å². The minimum absolute atomic E-state index is 0.562. The van der Waals surface area contributed by atoms with E-state index in [1.807, 2.05) is 0 Å². The molecule has 7 heavy (non-hydrogen) atoms. The molecule has 1 amide bonds. The van der Waals surface area contributed by atoms with Crippen molar-refractivity contribution in [2.24, 2.45) is 0 Å². The molecule has 38 valence electrons. The third kappa shape index (κ3) is 69.9. The van der Waals surface area contributed by atoms with Crippen LogP contribution in [0.15, 0.2) is 12.8 Å². The van der Waals surface area contributed by atoms with Crippen molar-refractivity contribution in [2.45, 2.75) is 0 Å². The smallest absolute Gasteiger partial charge is 0.211 e. The second kappa shape index (κ2) is 22.3. The summed E-state index contributed by atoms with van der Waals surface area (Å²) in [5, 5.41) is 8.69. The molecule has 0 saturated heterocycles. The first-order valence-electron chi connectivity index (χ1n) is 1.48. The van der Waals surface area contributed by atoms with E-state index in [1.54, 1.807) is 0 Å². The lowest BCUT2D eigenvalue weighted by molar-refractivity contribution is -0.108. The molecule has 3 nitrogen and oxygen atoms in total. The molecule has 0 radical (unpaired) electrons. The molecule has 0 atom stereocenters. The van der Waals surface area contributed by atoms with Gasteiger partial charge >= 0.3 is 0 Å². The van der Waals surface area contributed by atoms with Gasteiger partial charge in [0.25, 0.3) is 0 Å². The number of hydrogen-bond acceptors (Lipinski definition) is 2. The fraction of sp³-hybridized carbons (Fsp3) is 0. The van der Waals surface area contributed by atoms with Gasteiger partial charge in [0.1, 0.15) is 0 Å². The van der Waals surface area contributed by atoms with Crippen LogP contribution in [-0.2, 0) is 4.79 Å². The van der Waals surface area contributed by atoms with Crippen LogP contribution in [0.3, 0.4) is 0 Å². The molecule has 1 N–H and O–H groups in total. The van der Waals surface area contributed by atoms with E-state index in [9.17, 15) is 4.79 Å². The van der Waals surface area contributed by atoms with Crippen LogP contribution < -0.4 is 5.32 Å². The molecule has 0 saturated carbocycles. The maximum Gasteiger partial charge on any atom is 0.211 e. The first-order valence-corrected chi connectivity index (χ1v) is 1.48. The largest absolute Gasteiger partial charge is 0.336 e. The highest BCUT2D eigenvalue weighted by atomic mass is 16.1. The Bertz CT molecular complexity index is 61.3. The third-order valence-electron chi connectivity index (χ3n) is 0.186. The van der Waals surface area contributed by atoms with E-state index in [0.717, 1.165) is 0 Å². The Morgan fingerprint density at radius 1 is 1.71 bits per heavy atom. The van der Waals surface area contributed by atoms with Gasteiger partial charge in [0.05, 0.1) is 0 Å². The first kappa shape index (κ1) is 9.20. The maximum absolute atomic E-state index is 9.22. The fourth-order valence-electron chi connectivity index (χ4n) is 0.0481. The third-order valence-corrected chi connectivity index (χ3v) is 0.186. The zero-order valence-electron chi connectivity index (χ0n) is 3.79. The molecular formula is C4H6N2O. The Kier molecular flexibility index (Phi) is 29.3. The predicted molar refractivity (Wildman–Crippen MR) is 26.1 cm³/mol. The Morgan fingerprint density at radius 3 is 2.14 bits per heavy atom. The van der Waals surface area contributed by atoms with Crippen molar-refractivity contribution in [1.82, 2.24) is 5.32 Å². The maximum atomic E-state index is 9.22. The first-order chi connectivity index (χ1) is 3.41. The summed E-state index contributed by atoms with van der Waals surface area (Å²) >= 11 is 0. The number of rotatable bonds is 2. The summed E-state index contributed by atoms with van der Waals surface area (Å²) in [6.07, 6.45) is 1.88. The summed E-state index contributed by atoms with van der Waals surface area (Å²) < 4.78 is 0. The highest BCUT2D eigenvalue weighted by Crippen LogP contribution is 1.35. The van der Waals surface area contributed by atoms with Crippen molar-refractivity contribution in [3.05, 3.63) is 12.8 Å². The number of hydrogen-bond donors (Lipinski definition) is 1. The summed E-state index contributed by atoms with van der Waals surface area (Å²) in [7, 11) is 0. The van der Waals surface area contributed by atoms with Crippen molar-refractivity contribution in [1.29, 1.82) is 5.26 Å². The average molecular weight is 98.1 g/mol. The predicted octanol–water partition coefficient (Wildman–Crippen LogP) is 0.0157. The van der Waals surface area contributed by atoms with Crippen LogP contribution in [0.4, 0.5) is 0 Å². The van der Waals surface area contributed by atoms with Gasteiger partial charge in [-0.3, -0.25) is 4.79 Å². The number of nitriles is 1. The fourth-order valence-corrected chi connectivity index (χ4v) is 0.0481. The lowest BCUT2D eigenvalue weighted by atomic mass is 11.0. The number of amides is 1. The van der Waals surface area contributed by atoms with Crippen LogP contribution in [0.5, 0.6) is 0 Å². The van der Waals surface area contributed by atoms with Gasteiger partial charge in [0.15, 0.2) is 0 Å². The van der Waals surface area contributed by atoms with Gasteiger partial charge in [-0.15, -0.1) is 0 Å². The molecule has 0 bridgehead atoms. The molecule has 0 rings (SSSR count). The summed E-state index contributed by atoms with van der Waals surface area (Å²) in [6.45, 7) is 6.71. The van der Waals surface area contributed by atoms with Gasteiger partial charge in [-0.25, -0.2) is 5.26 Å². The Hall–Kier alpha value is -1.30. The van der Waals surface area contributed by atoms with Crippen LogP contribution in [0, 0.1) is 11.8 Å². The van der Waals surface area contributed by atoms with E-state index in [2.05, 4.69) is 18.5 Å². The Morgan fingerprint density at radius 2 is 2.14 bits per heavy atom. The lowest BCUT2D eigenvalue weighted by Crippen LogP contribution is -1.96. The van der Waals surface area contributed by atoms with Crippen molar-refractivity contribution < 1.29 is 4.79 Å². The summed E-state index contributed by atoms with van der Waals surface area (Å²) in [5.41, 5.74) is 0. The zero-order chi connectivity index (χ0) is 6.12. The van der Waals surface area contributed by atoms with Crippen molar-refractivity contribution in [2.75, 3.05) is 0 Å². The highest BCUT2D eigenvalue weighted by molar-refractivity contribution is 5.47. The van der Waals surface area contributed by atoms with Crippen molar-refractivity contribution in [3.8, 4) is 6.57 Å². The molecule has 0 fully saturated rings. The van der Waals surface area contributed by atoms with Crippen LogP contribution >= 0.6 is 0 Å². The van der Waals surface area contributed by atoms with E-state index >= 15 is 0 Å². The average Bonchev–Trinajstić information content (AvgIpc) is 1.75. The van der Waals surface area contributed by atoms with Gasteiger partial charge in [-0.05, 0) is 6.20 Å². The van der Waals surface area contributed by atoms with E-state index in [1.165, 1.54) is 6.20 Å². The molecule has 0 aliphatic carbocycles. The van der Waals surface area contributed by atoms with Crippen LogP contribution in [-0.4, -0.2) is 6.41 Å². The SMILES string of the molecule is C#N.C=CNC=O. The molecule has 0 aromatic carbocycles. The quantitative estimate of drug-likeness (QED) is 0.495. The van der Waals surface area contributed by atoms with Crippen LogP contribution in [0.2, 0.25) is 0 Å². The topological polar surface area (TPSA) is 52.9 Å². The minimum atomic E-state index is 0.562. The molecule has 3 heteroatoms. The summed E-state index contributed by atoms with van der Waals surface area (Å²) in [4.78, 5) is 9.22. The molecule has 0 aliphatic heterocycles. The molecule has 0 aromatic heterocycles. The second-order valence-corrected chi connectivity index (χ2v) is 0.489. The van der Waals surface area contributed by atoms with Crippen LogP contribution in [0.1, 0.15) is 0 Å². The van der Waals surface area contributed by atoms with Crippen LogP contribution in [0.25, 0.3) is 0 Å². The molecule has 0 unspecified atom stereocenters.